The number of hydrogen-bond acceptors (Lipinski definition) is 5. The van der Waals surface area contributed by atoms with Crippen molar-refractivity contribution in [3.8, 4) is 17.2 Å². The smallest absolute Gasteiger partial charge is 0.276 e. The standard InChI is InChI=1S/C22H21N3O4/c1-3-28-20-12-15-11-14(2)29-19(15)13-18(20)23-22(27)17-9-10-21(26)25(24-17)16-7-5-4-6-8-16/h4-10,12-14H,3,11H2,1-2H3,(H,23,27). The third-order valence-corrected chi connectivity index (χ3v) is 4.58. The lowest BCUT2D eigenvalue weighted by Crippen LogP contribution is -2.25. The lowest BCUT2D eigenvalue weighted by Gasteiger charge is -2.14. The van der Waals surface area contributed by atoms with Crippen molar-refractivity contribution in [2.24, 2.45) is 0 Å². The highest BCUT2D eigenvalue weighted by molar-refractivity contribution is 6.03. The molecule has 3 aromatic rings. The SMILES string of the molecule is CCOc1cc2c(cc1NC(=O)c1ccc(=O)n(-c3ccccc3)n1)OC(C)C2. The molecule has 0 spiro atoms. The molecule has 7 nitrogen and oxygen atoms in total. The zero-order valence-electron chi connectivity index (χ0n) is 16.2. The van der Waals surface area contributed by atoms with Crippen LogP contribution in [0.3, 0.4) is 0 Å². The van der Waals surface area contributed by atoms with E-state index in [-0.39, 0.29) is 17.4 Å². The number of hydrogen-bond donors (Lipinski definition) is 1. The first-order valence-electron chi connectivity index (χ1n) is 9.48. The van der Waals surface area contributed by atoms with Gasteiger partial charge in [-0.2, -0.15) is 9.78 Å². The minimum absolute atomic E-state index is 0.0847. The van der Waals surface area contributed by atoms with Gasteiger partial charge in [0, 0.05) is 24.1 Å². The predicted molar refractivity (Wildman–Crippen MR) is 109 cm³/mol. The number of rotatable bonds is 5. The maximum Gasteiger partial charge on any atom is 0.276 e. The molecule has 0 radical (unpaired) electrons. The molecule has 29 heavy (non-hydrogen) atoms. The van der Waals surface area contributed by atoms with Gasteiger partial charge in [0.1, 0.15) is 23.3 Å². The van der Waals surface area contributed by atoms with Crippen molar-refractivity contribution >= 4 is 11.6 Å². The summed E-state index contributed by atoms with van der Waals surface area (Å²) < 4.78 is 12.7. The summed E-state index contributed by atoms with van der Waals surface area (Å²) in [5.41, 5.74) is 1.94. The van der Waals surface area contributed by atoms with Gasteiger partial charge in [-0.25, -0.2) is 0 Å². The van der Waals surface area contributed by atoms with Crippen molar-refractivity contribution in [1.82, 2.24) is 9.78 Å². The molecule has 4 rings (SSSR count). The molecule has 1 aliphatic heterocycles. The minimum atomic E-state index is -0.443. The average molecular weight is 391 g/mol. The molecule has 1 amide bonds. The molecular formula is C22H21N3O4. The van der Waals surface area contributed by atoms with Crippen molar-refractivity contribution in [2.75, 3.05) is 11.9 Å². The Morgan fingerprint density at radius 3 is 2.79 bits per heavy atom. The molecule has 1 unspecified atom stereocenters. The predicted octanol–water partition coefficient (Wildman–Crippen LogP) is 3.21. The Labute approximate surface area is 167 Å². The van der Waals surface area contributed by atoms with Crippen molar-refractivity contribution in [3.05, 3.63) is 76.2 Å². The number of amides is 1. The maximum atomic E-state index is 12.8. The van der Waals surface area contributed by atoms with E-state index in [2.05, 4.69) is 10.4 Å². The van der Waals surface area contributed by atoms with E-state index >= 15 is 0 Å². The Morgan fingerprint density at radius 1 is 1.24 bits per heavy atom. The average Bonchev–Trinajstić information content (AvgIpc) is 3.08. The van der Waals surface area contributed by atoms with Crippen LogP contribution in [0, 0.1) is 0 Å². The number of benzene rings is 2. The van der Waals surface area contributed by atoms with Crippen molar-refractivity contribution in [3.63, 3.8) is 0 Å². The second-order valence-electron chi connectivity index (χ2n) is 6.78. The number of aromatic nitrogens is 2. The third kappa shape index (κ3) is 3.85. The van der Waals surface area contributed by atoms with Crippen LogP contribution in [0.2, 0.25) is 0 Å². The van der Waals surface area contributed by atoms with E-state index in [1.54, 1.807) is 30.3 Å². The van der Waals surface area contributed by atoms with Gasteiger partial charge in [-0.1, -0.05) is 18.2 Å². The van der Waals surface area contributed by atoms with Crippen LogP contribution in [-0.4, -0.2) is 28.4 Å². The lowest BCUT2D eigenvalue weighted by atomic mass is 10.1. The third-order valence-electron chi connectivity index (χ3n) is 4.58. The summed E-state index contributed by atoms with van der Waals surface area (Å²) in [5, 5.41) is 7.05. The summed E-state index contributed by atoms with van der Waals surface area (Å²) >= 11 is 0. The number of para-hydroxylation sites is 1. The van der Waals surface area contributed by atoms with Crippen molar-refractivity contribution < 1.29 is 14.3 Å². The van der Waals surface area contributed by atoms with Gasteiger partial charge in [-0.3, -0.25) is 9.59 Å². The Hall–Kier alpha value is -3.61. The molecule has 148 valence electrons. The molecule has 2 heterocycles. The molecule has 0 fully saturated rings. The van der Waals surface area contributed by atoms with E-state index in [4.69, 9.17) is 9.47 Å². The highest BCUT2D eigenvalue weighted by Crippen LogP contribution is 2.38. The van der Waals surface area contributed by atoms with Crippen LogP contribution < -0.4 is 20.3 Å². The van der Waals surface area contributed by atoms with Gasteiger partial charge in [0.15, 0.2) is 0 Å². The van der Waals surface area contributed by atoms with Crippen molar-refractivity contribution in [1.29, 1.82) is 0 Å². The van der Waals surface area contributed by atoms with Crippen LogP contribution in [0.5, 0.6) is 11.5 Å². The Morgan fingerprint density at radius 2 is 2.03 bits per heavy atom. The van der Waals surface area contributed by atoms with Crippen LogP contribution in [0.4, 0.5) is 5.69 Å². The van der Waals surface area contributed by atoms with Crippen LogP contribution in [0.15, 0.2) is 59.4 Å². The summed E-state index contributed by atoms with van der Waals surface area (Å²) in [6.45, 7) is 4.35. The second kappa shape index (κ2) is 7.79. The molecule has 1 aliphatic rings. The normalized spacial score (nSPS) is 14.8. The van der Waals surface area contributed by atoms with E-state index < -0.39 is 5.91 Å². The molecule has 0 aliphatic carbocycles. The fourth-order valence-corrected chi connectivity index (χ4v) is 3.28. The van der Waals surface area contributed by atoms with Gasteiger partial charge < -0.3 is 14.8 Å². The molecule has 0 saturated carbocycles. The summed E-state index contributed by atoms with van der Waals surface area (Å²) in [5.74, 6) is 0.869. The fourth-order valence-electron chi connectivity index (χ4n) is 3.28. The summed E-state index contributed by atoms with van der Waals surface area (Å²) in [6, 6.07) is 15.4. The monoisotopic (exact) mass is 391 g/mol. The highest BCUT2D eigenvalue weighted by Gasteiger charge is 2.23. The van der Waals surface area contributed by atoms with E-state index in [1.165, 1.54) is 16.8 Å². The van der Waals surface area contributed by atoms with Gasteiger partial charge in [0.25, 0.3) is 11.5 Å². The van der Waals surface area contributed by atoms with Gasteiger partial charge in [-0.15, -0.1) is 0 Å². The molecule has 1 aromatic heterocycles. The van der Waals surface area contributed by atoms with E-state index in [0.717, 1.165) is 17.7 Å². The molecule has 0 saturated heterocycles. The first kappa shape index (κ1) is 18.7. The summed E-state index contributed by atoms with van der Waals surface area (Å²) in [7, 11) is 0. The zero-order valence-corrected chi connectivity index (χ0v) is 16.2. The largest absolute Gasteiger partial charge is 0.492 e. The first-order valence-corrected chi connectivity index (χ1v) is 9.48. The number of nitrogens with one attached hydrogen (secondary N) is 1. The van der Waals surface area contributed by atoms with Crippen LogP contribution in [-0.2, 0) is 6.42 Å². The second-order valence-corrected chi connectivity index (χ2v) is 6.78. The van der Waals surface area contributed by atoms with Crippen LogP contribution in [0.1, 0.15) is 29.9 Å². The Bertz CT molecular complexity index is 1110. The lowest BCUT2D eigenvalue weighted by molar-refractivity contribution is 0.102. The molecule has 2 aromatic carbocycles. The molecule has 1 N–H and O–H groups in total. The molecule has 1 atom stereocenters. The van der Waals surface area contributed by atoms with E-state index in [0.29, 0.717) is 23.7 Å². The van der Waals surface area contributed by atoms with Crippen LogP contribution >= 0.6 is 0 Å². The van der Waals surface area contributed by atoms with E-state index in [9.17, 15) is 9.59 Å². The number of ether oxygens (including phenoxy) is 2. The van der Waals surface area contributed by atoms with Gasteiger partial charge in [0.05, 0.1) is 18.0 Å². The number of anilines is 1. The molecule has 7 heteroatoms. The van der Waals surface area contributed by atoms with E-state index in [1.807, 2.05) is 26.0 Å². The Kier molecular flexibility index (Phi) is 5.03. The summed E-state index contributed by atoms with van der Waals surface area (Å²) in [4.78, 5) is 25.0. The van der Waals surface area contributed by atoms with Crippen LogP contribution in [0.25, 0.3) is 5.69 Å². The molecular weight excluding hydrogens is 370 g/mol. The van der Waals surface area contributed by atoms with Gasteiger partial charge in [-0.05, 0) is 38.1 Å². The molecule has 0 bridgehead atoms. The first-order chi connectivity index (χ1) is 14.0. The number of nitrogens with zero attached hydrogens (tertiary/aromatic N) is 2. The quantitative estimate of drug-likeness (QED) is 0.722. The fraction of sp³-hybridized carbons (Fsp3) is 0.227. The van der Waals surface area contributed by atoms with Gasteiger partial charge in [0.2, 0.25) is 0 Å². The highest BCUT2D eigenvalue weighted by atomic mass is 16.5. The zero-order chi connectivity index (χ0) is 20.4. The maximum absolute atomic E-state index is 12.8. The van der Waals surface area contributed by atoms with Crippen molar-refractivity contribution in [2.45, 2.75) is 26.4 Å². The Balaban J connectivity index is 1.65. The summed E-state index contributed by atoms with van der Waals surface area (Å²) in [6.07, 6.45) is 0.884. The number of carbonyl (C=O) groups excluding carboxylic acids is 1. The number of fused-ring (bicyclic) bond motifs is 1. The number of carbonyl (C=O) groups is 1. The van der Waals surface area contributed by atoms with Gasteiger partial charge >= 0.3 is 0 Å². The minimum Gasteiger partial charge on any atom is -0.492 e. The topological polar surface area (TPSA) is 82.5 Å².